The van der Waals surface area contributed by atoms with Gasteiger partial charge in [-0.25, -0.2) is 0 Å². The molecule has 0 aromatic carbocycles. The molecule has 3 heterocycles. The van der Waals surface area contributed by atoms with Crippen molar-refractivity contribution >= 4 is 0 Å². The van der Waals surface area contributed by atoms with Crippen LogP contribution in [0.4, 0.5) is 0 Å². The molecule has 0 unspecified atom stereocenters. The molecule has 0 fully saturated rings. The van der Waals surface area contributed by atoms with Gasteiger partial charge in [0.15, 0.2) is 0 Å². The van der Waals surface area contributed by atoms with E-state index in [9.17, 15) is 0 Å². The Labute approximate surface area is 141 Å². The average Bonchev–Trinajstić information content (AvgIpc) is 3.12. The Bertz CT molecular complexity index is 840. The highest BCUT2D eigenvalue weighted by atomic mass is 16.5. The summed E-state index contributed by atoms with van der Waals surface area (Å²) < 4.78 is 5.36. The van der Waals surface area contributed by atoms with Crippen molar-refractivity contribution in [1.82, 2.24) is 20.1 Å². The molecule has 0 atom stereocenters. The van der Waals surface area contributed by atoms with Crippen molar-refractivity contribution in [2.45, 2.75) is 32.6 Å². The first-order chi connectivity index (χ1) is 11.8. The van der Waals surface area contributed by atoms with Crippen molar-refractivity contribution in [2.24, 2.45) is 0 Å². The van der Waals surface area contributed by atoms with E-state index in [-0.39, 0.29) is 0 Å². The number of rotatable bonds is 4. The number of pyridine rings is 2. The standard InChI is InChI=1S/C19H18N4O/c1-3-16(4-2)19-22-18(23-24-19)17-8-7-15(13-21-17)6-5-14-9-11-20-12-10-14/h7-13,16H,3-4H2,1-2H3. The molecule has 0 aliphatic carbocycles. The maximum absolute atomic E-state index is 5.36. The summed E-state index contributed by atoms with van der Waals surface area (Å²) in [4.78, 5) is 12.8. The second-order valence-corrected chi connectivity index (χ2v) is 5.39. The Morgan fingerprint density at radius 3 is 2.42 bits per heavy atom. The van der Waals surface area contributed by atoms with Gasteiger partial charge in [-0.1, -0.05) is 30.8 Å². The Morgan fingerprint density at radius 1 is 1.00 bits per heavy atom. The van der Waals surface area contributed by atoms with Gasteiger partial charge in [0.25, 0.3) is 0 Å². The van der Waals surface area contributed by atoms with Gasteiger partial charge in [-0.05, 0) is 37.1 Å². The molecule has 0 amide bonds. The molecular weight excluding hydrogens is 300 g/mol. The first-order valence-corrected chi connectivity index (χ1v) is 8.02. The maximum Gasteiger partial charge on any atom is 0.230 e. The molecule has 0 saturated heterocycles. The average molecular weight is 318 g/mol. The third-order valence-corrected chi connectivity index (χ3v) is 3.80. The molecule has 0 bridgehead atoms. The van der Waals surface area contributed by atoms with E-state index in [2.05, 4.69) is 45.8 Å². The zero-order valence-electron chi connectivity index (χ0n) is 13.7. The smallest absolute Gasteiger partial charge is 0.230 e. The van der Waals surface area contributed by atoms with E-state index in [1.54, 1.807) is 18.6 Å². The molecule has 3 rings (SSSR count). The van der Waals surface area contributed by atoms with E-state index in [0.717, 1.165) is 24.0 Å². The van der Waals surface area contributed by atoms with Crippen LogP contribution < -0.4 is 0 Å². The molecular formula is C19H18N4O. The zero-order chi connectivity index (χ0) is 16.8. The maximum atomic E-state index is 5.36. The van der Waals surface area contributed by atoms with Gasteiger partial charge in [0, 0.05) is 35.6 Å². The lowest BCUT2D eigenvalue weighted by Gasteiger charge is -2.04. The van der Waals surface area contributed by atoms with Crippen molar-refractivity contribution in [3.8, 4) is 23.4 Å². The fraction of sp³-hybridized carbons (Fsp3) is 0.263. The SMILES string of the molecule is CCC(CC)c1nc(-c2ccc(C#Cc3ccncc3)cn2)no1. The van der Waals surface area contributed by atoms with Gasteiger partial charge >= 0.3 is 0 Å². The number of nitrogens with zero attached hydrogens (tertiary/aromatic N) is 4. The summed E-state index contributed by atoms with van der Waals surface area (Å²) in [5.41, 5.74) is 2.44. The van der Waals surface area contributed by atoms with E-state index >= 15 is 0 Å². The van der Waals surface area contributed by atoms with Crippen molar-refractivity contribution in [2.75, 3.05) is 0 Å². The van der Waals surface area contributed by atoms with Crippen LogP contribution in [0.1, 0.15) is 49.6 Å². The van der Waals surface area contributed by atoms with E-state index in [4.69, 9.17) is 4.52 Å². The topological polar surface area (TPSA) is 64.7 Å². The van der Waals surface area contributed by atoms with Crippen LogP contribution in [0.5, 0.6) is 0 Å². The van der Waals surface area contributed by atoms with Crippen LogP contribution in [0, 0.1) is 11.8 Å². The molecule has 0 radical (unpaired) electrons. The number of hydrogen-bond acceptors (Lipinski definition) is 5. The lowest BCUT2D eigenvalue weighted by Crippen LogP contribution is -1.95. The van der Waals surface area contributed by atoms with Crippen LogP contribution in [0.15, 0.2) is 47.4 Å². The number of aromatic nitrogens is 4. The molecule has 0 N–H and O–H groups in total. The summed E-state index contributed by atoms with van der Waals surface area (Å²) in [5, 5.41) is 4.03. The highest BCUT2D eigenvalue weighted by Crippen LogP contribution is 2.23. The predicted octanol–water partition coefficient (Wildman–Crippen LogP) is 3.83. The van der Waals surface area contributed by atoms with E-state index in [1.807, 2.05) is 24.3 Å². The summed E-state index contributed by atoms with van der Waals surface area (Å²) in [6.45, 7) is 4.24. The predicted molar refractivity (Wildman–Crippen MR) is 91.1 cm³/mol. The van der Waals surface area contributed by atoms with Crippen LogP contribution in [-0.2, 0) is 0 Å². The molecule has 0 aliphatic heterocycles. The van der Waals surface area contributed by atoms with Gasteiger partial charge in [-0.15, -0.1) is 0 Å². The molecule has 24 heavy (non-hydrogen) atoms. The molecule has 0 aliphatic rings. The van der Waals surface area contributed by atoms with E-state index < -0.39 is 0 Å². The summed E-state index contributed by atoms with van der Waals surface area (Å²) in [5.74, 6) is 7.65. The van der Waals surface area contributed by atoms with E-state index in [0.29, 0.717) is 23.3 Å². The minimum Gasteiger partial charge on any atom is -0.339 e. The van der Waals surface area contributed by atoms with Crippen molar-refractivity contribution in [3.05, 3.63) is 59.9 Å². The fourth-order valence-electron chi connectivity index (χ4n) is 2.32. The van der Waals surface area contributed by atoms with Gasteiger partial charge in [-0.2, -0.15) is 4.98 Å². The van der Waals surface area contributed by atoms with Gasteiger partial charge < -0.3 is 4.52 Å². The van der Waals surface area contributed by atoms with Gasteiger partial charge in [0.2, 0.25) is 11.7 Å². The molecule has 3 aromatic heterocycles. The number of hydrogen-bond donors (Lipinski definition) is 0. The van der Waals surface area contributed by atoms with Gasteiger partial charge in [0.05, 0.1) is 0 Å². The quantitative estimate of drug-likeness (QED) is 0.684. The van der Waals surface area contributed by atoms with Crippen LogP contribution >= 0.6 is 0 Å². The van der Waals surface area contributed by atoms with Crippen LogP contribution in [0.3, 0.4) is 0 Å². The van der Waals surface area contributed by atoms with Crippen LogP contribution in [0.25, 0.3) is 11.5 Å². The molecule has 120 valence electrons. The Kier molecular flexibility index (Phi) is 4.97. The van der Waals surface area contributed by atoms with Crippen molar-refractivity contribution in [3.63, 3.8) is 0 Å². The van der Waals surface area contributed by atoms with Crippen molar-refractivity contribution in [1.29, 1.82) is 0 Å². The first-order valence-electron chi connectivity index (χ1n) is 8.02. The van der Waals surface area contributed by atoms with Crippen molar-refractivity contribution < 1.29 is 4.52 Å². The third kappa shape index (κ3) is 3.66. The van der Waals surface area contributed by atoms with Crippen LogP contribution in [-0.4, -0.2) is 20.1 Å². The summed E-state index contributed by atoms with van der Waals surface area (Å²) in [6.07, 6.45) is 7.12. The molecule has 3 aromatic rings. The largest absolute Gasteiger partial charge is 0.339 e. The summed E-state index contributed by atoms with van der Waals surface area (Å²) >= 11 is 0. The summed E-state index contributed by atoms with van der Waals surface area (Å²) in [6, 6.07) is 7.50. The third-order valence-electron chi connectivity index (χ3n) is 3.80. The minimum atomic E-state index is 0.303. The minimum absolute atomic E-state index is 0.303. The fourth-order valence-corrected chi connectivity index (χ4v) is 2.32. The highest BCUT2D eigenvalue weighted by Gasteiger charge is 2.16. The lowest BCUT2D eigenvalue weighted by atomic mass is 10.0. The Balaban J connectivity index is 1.77. The second-order valence-electron chi connectivity index (χ2n) is 5.39. The zero-order valence-corrected chi connectivity index (χ0v) is 13.7. The van der Waals surface area contributed by atoms with E-state index in [1.165, 1.54) is 0 Å². The Morgan fingerprint density at radius 2 is 1.75 bits per heavy atom. The Hall–Kier alpha value is -3.00. The van der Waals surface area contributed by atoms with Gasteiger partial charge in [-0.3, -0.25) is 9.97 Å². The van der Waals surface area contributed by atoms with Gasteiger partial charge in [0.1, 0.15) is 5.69 Å². The molecule has 5 nitrogen and oxygen atoms in total. The molecule has 5 heteroatoms. The normalized spacial score (nSPS) is 10.5. The highest BCUT2D eigenvalue weighted by molar-refractivity contribution is 5.50. The molecule has 0 spiro atoms. The lowest BCUT2D eigenvalue weighted by molar-refractivity contribution is 0.346. The second kappa shape index (κ2) is 7.51. The summed E-state index contributed by atoms with van der Waals surface area (Å²) in [7, 11) is 0. The molecule has 0 saturated carbocycles. The van der Waals surface area contributed by atoms with Crippen LogP contribution in [0.2, 0.25) is 0 Å². The monoisotopic (exact) mass is 318 g/mol. The first kappa shape index (κ1) is 15.9.